The van der Waals surface area contributed by atoms with E-state index in [9.17, 15) is 4.79 Å². The van der Waals surface area contributed by atoms with Crippen LogP contribution >= 0.6 is 11.9 Å². The van der Waals surface area contributed by atoms with Gasteiger partial charge in [0.25, 0.3) is 0 Å². The van der Waals surface area contributed by atoms with Gasteiger partial charge in [-0.05, 0) is 98.7 Å². The minimum Gasteiger partial charge on any atom is -0.489 e. The van der Waals surface area contributed by atoms with Gasteiger partial charge in [0.2, 0.25) is 11.8 Å². The zero-order valence-corrected chi connectivity index (χ0v) is 28.3. The Bertz CT molecular complexity index is 1580. The maximum Gasteiger partial charge on any atom is 0.237 e. The number of carbonyl (C=O) groups is 1. The molecule has 0 saturated heterocycles. The summed E-state index contributed by atoms with van der Waals surface area (Å²) in [6.07, 6.45) is 8.64. The van der Waals surface area contributed by atoms with Crippen molar-refractivity contribution in [1.29, 1.82) is 0 Å². The lowest BCUT2D eigenvalue weighted by atomic mass is 9.88. The number of aromatic nitrogens is 3. The summed E-state index contributed by atoms with van der Waals surface area (Å²) in [4.78, 5) is 26.4. The first-order valence-corrected chi connectivity index (χ1v) is 16.9. The van der Waals surface area contributed by atoms with Crippen molar-refractivity contribution >= 4 is 24.2 Å². The van der Waals surface area contributed by atoms with Crippen LogP contribution in [0.3, 0.4) is 0 Å². The Labute approximate surface area is 277 Å². The number of hydrogen-bond acceptors (Lipinski definition) is 9. The molecule has 1 aliphatic rings. The number of nitrogens with zero attached hydrogens (tertiary/aromatic N) is 3. The van der Waals surface area contributed by atoms with Crippen LogP contribution in [-0.2, 0) is 6.54 Å². The second kappa shape index (κ2) is 15.6. The molecule has 5 rings (SSSR count). The van der Waals surface area contributed by atoms with E-state index in [-0.39, 0.29) is 11.5 Å². The van der Waals surface area contributed by atoms with Gasteiger partial charge in [-0.2, -0.15) is 4.98 Å². The summed E-state index contributed by atoms with van der Waals surface area (Å²) in [5.74, 6) is 1.76. The minimum atomic E-state index is 0.0618. The smallest absolute Gasteiger partial charge is 0.237 e. The van der Waals surface area contributed by atoms with Gasteiger partial charge >= 0.3 is 0 Å². The van der Waals surface area contributed by atoms with Crippen molar-refractivity contribution in [3.8, 4) is 22.9 Å². The van der Waals surface area contributed by atoms with Gasteiger partial charge in [-0.15, -0.1) is 0 Å². The molecule has 9 heteroatoms. The van der Waals surface area contributed by atoms with E-state index in [0.717, 1.165) is 64.3 Å². The normalized spacial score (nSPS) is 14.2. The molecule has 0 bridgehead atoms. The van der Waals surface area contributed by atoms with E-state index in [2.05, 4.69) is 67.8 Å². The van der Waals surface area contributed by atoms with E-state index >= 15 is 0 Å². The first-order valence-electron chi connectivity index (χ1n) is 16.1. The van der Waals surface area contributed by atoms with Crippen LogP contribution in [0.2, 0.25) is 0 Å². The van der Waals surface area contributed by atoms with Crippen molar-refractivity contribution < 1.29 is 14.3 Å². The molecule has 1 fully saturated rings. The average molecular weight is 640 g/mol. The summed E-state index contributed by atoms with van der Waals surface area (Å²) in [7, 11) is 0. The summed E-state index contributed by atoms with van der Waals surface area (Å²) in [6.45, 7) is 11.9. The monoisotopic (exact) mass is 639 g/mol. The average Bonchev–Trinajstić information content (AvgIpc) is 3.54. The van der Waals surface area contributed by atoms with E-state index in [0.29, 0.717) is 36.6 Å². The van der Waals surface area contributed by atoms with E-state index < -0.39 is 0 Å². The Morgan fingerprint density at radius 3 is 2.46 bits per heavy atom. The van der Waals surface area contributed by atoms with Gasteiger partial charge in [-0.3, -0.25) is 14.5 Å². The van der Waals surface area contributed by atoms with Crippen LogP contribution in [0.1, 0.15) is 80.1 Å². The highest BCUT2D eigenvalue weighted by Crippen LogP contribution is 2.31. The maximum atomic E-state index is 11.3. The summed E-state index contributed by atoms with van der Waals surface area (Å²) in [6, 6.07) is 19.6. The fraction of sp³-hybridized carbons (Fsp3) is 0.405. The molecule has 1 atom stereocenters. The molecule has 46 heavy (non-hydrogen) atoms. The fourth-order valence-electron chi connectivity index (χ4n) is 5.79. The van der Waals surface area contributed by atoms with Crippen molar-refractivity contribution in [2.45, 2.75) is 90.3 Å². The first kappa shape index (κ1) is 33.4. The quantitative estimate of drug-likeness (QED) is 0.104. The zero-order valence-electron chi connectivity index (χ0n) is 27.5. The number of hydrogen-bond donors (Lipinski definition) is 2. The molecule has 4 aromatic rings. The fourth-order valence-corrected chi connectivity index (χ4v) is 6.44. The van der Waals surface area contributed by atoms with Crippen molar-refractivity contribution in [3.05, 3.63) is 89.2 Å². The van der Waals surface area contributed by atoms with E-state index in [1.54, 1.807) is 6.07 Å². The topological polar surface area (TPSA) is 98.3 Å². The number of benzene rings is 2. The third-order valence-corrected chi connectivity index (χ3v) is 8.73. The van der Waals surface area contributed by atoms with Gasteiger partial charge in [0, 0.05) is 34.7 Å². The molecule has 2 heterocycles. The summed E-state index contributed by atoms with van der Waals surface area (Å²) in [5, 5.41) is 3.67. The summed E-state index contributed by atoms with van der Waals surface area (Å²) < 4.78 is 15.8. The lowest BCUT2D eigenvalue weighted by Crippen LogP contribution is -2.37. The second-order valence-electron chi connectivity index (χ2n) is 13.2. The molecule has 1 aliphatic carbocycles. The van der Waals surface area contributed by atoms with Crippen LogP contribution in [0.25, 0.3) is 11.3 Å². The van der Waals surface area contributed by atoms with Crippen LogP contribution < -0.4 is 19.5 Å². The first-order chi connectivity index (χ1) is 22.1. The van der Waals surface area contributed by atoms with Gasteiger partial charge in [0.1, 0.15) is 18.6 Å². The highest BCUT2D eigenvalue weighted by Gasteiger charge is 2.21. The molecule has 242 valence electrons. The second-order valence-corrected chi connectivity index (χ2v) is 14.1. The number of anilines is 1. The van der Waals surface area contributed by atoms with Crippen LogP contribution in [0.5, 0.6) is 11.6 Å². The van der Waals surface area contributed by atoms with Crippen LogP contribution in [-0.4, -0.2) is 40.0 Å². The number of nitrogens with one attached hydrogen (secondary N) is 2. The molecular formula is C37H45N5O3S. The third kappa shape index (κ3) is 9.77. The highest BCUT2D eigenvalue weighted by atomic mass is 32.2. The van der Waals surface area contributed by atoms with Gasteiger partial charge in [-0.25, -0.2) is 4.98 Å². The number of pyridine rings is 1. The molecular weight excluding hydrogens is 595 g/mol. The van der Waals surface area contributed by atoms with Crippen molar-refractivity contribution in [3.63, 3.8) is 0 Å². The van der Waals surface area contributed by atoms with E-state index in [1.165, 1.54) is 24.8 Å². The summed E-state index contributed by atoms with van der Waals surface area (Å²) in [5.41, 5.74) is 5.75. The molecule has 2 aromatic heterocycles. The summed E-state index contributed by atoms with van der Waals surface area (Å²) >= 11 is 1.35. The maximum absolute atomic E-state index is 11.3. The number of carbonyl (C=O) groups excluding carboxylic acids is 1. The van der Waals surface area contributed by atoms with E-state index in [4.69, 9.17) is 19.4 Å². The Morgan fingerprint density at radius 2 is 1.76 bits per heavy atom. The van der Waals surface area contributed by atoms with Gasteiger partial charge < -0.3 is 14.8 Å². The number of ether oxygens (including phenoxy) is 2. The van der Waals surface area contributed by atoms with Crippen molar-refractivity contribution in [2.75, 3.05) is 11.3 Å². The Morgan fingerprint density at radius 1 is 1.00 bits per heavy atom. The standard InChI is InChI=1S/C37H45N5O3S/c1-25-10-8-11-26(2)35(25)33-19-34(41-36(40-33)42-46-32-15-9-12-27(18-32)23-43)44-24-29(20-37(3,4)5)38-21-28-16-17-31(22-39-28)45-30-13-6-7-14-30/h8-12,15-19,22-23,29-30,38H,6-7,13-14,20-21,24H2,1-5H3,(H,40,41,42). The van der Waals surface area contributed by atoms with E-state index in [1.807, 2.05) is 42.6 Å². The molecule has 1 saturated carbocycles. The molecule has 0 aliphatic heterocycles. The zero-order chi connectivity index (χ0) is 32.5. The SMILES string of the molecule is Cc1cccc(C)c1-c1cc(OCC(CC(C)(C)C)NCc2ccc(OC3CCCC3)cn2)nc(NSc2cccc(C=O)c2)n1. The highest BCUT2D eigenvalue weighted by molar-refractivity contribution is 8.00. The number of aldehydes is 1. The predicted molar refractivity (Wildman–Crippen MR) is 186 cm³/mol. The van der Waals surface area contributed by atoms with Gasteiger partial charge in [-0.1, -0.05) is 51.1 Å². The lowest BCUT2D eigenvalue weighted by molar-refractivity contribution is 0.112. The third-order valence-electron chi connectivity index (χ3n) is 7.96. The van der Waals surface area contributed by atoms with Gasteiger partial charge in [0.15, 0.2) is 0 Å². The Kier molecular flexibility index (Phi) is 11.3. The number of aryl methyl sites for hydroxylation is 2. The van der Waals surface area contributed by atoms with Crippen molar-refractivity contribution in [1.82, 2.24) is 20.3 Å². The molecule has 1 unspecified atom stereocenters. The predicted octanol–water partition coefficient (Wildman–Crippen LogP) is 8.38. The van der Waals surface area contributed by atoms with Crippen LogP contribution in [0, 0.1) is 19.3 Å². The molecule has 0 spiro atoms. The Hall–Kier alpha value is -3.95. The molecule has 0 radical (unpaired) electrons. The van der Waals surface area contributed by atoms with Crippen LogP contribution in [0.15, 0.2) is 71.8 Å². The molecule has 8 nitrogen and oxygen atoms in total. The molecule has 0 amide bonds. The van der Waals surface area contributed by atoms with Crippen LogP contribution in [0.4, 0.5) is 5.95 Å². The van der Waals surface area contributed by atoms with Crippen molar-refractivity contribution in [2.24, 2.45) is 5.41 Å². The van der Waals surface area contributed by atoms with Gasteiger partial charge in [0.05, 0.1) is 23.7 Å². The lowest BCUT2D eigenvalue weighted by Gasteiger charge is -2.27. The minimum absolute atomic E-state index is 0.0618. The number of rotatable bonds is 14. The molecule has 2 N–H and O–H groups in total. The Balaban J connectivity index is 1.31. The molecule has 2 aromatic carbocycles. The largest absolute Gasteiger partial charge is 0.489 e.